The maximum atomic E-state index is 12.0. The number of aromatic nitrogens is 1. The summed E-state index contributed by atoms with van der Waals surface area (Å²) in [4.78, 5) is 15.9. The lowest BCUT2D eigenvalue weighted by Crippen LogP contribution is -2.13. The fourth-order valence-corrected chi connectivity index (χ4v) is 2.66. The second-order valence-electron chi connectivity index (χ2n) is 3.59. The zero-order chi connectivity index (χ0) is 14.0. The molecule has 0 aliphatic carbocycles. The molecule has 0 saturated carbocycles. The molecule has 0 fully saturated rings. The van der Waals surface area contributed by atoms with E-state index in [9.17, 15) is 4.79 Å². The van der Waals surface area contributed by atoms with Crippen LogP contribution in [0.3, 0.4) is 0 Å². The number of anilines is 1. The summed E-state index contributed by atoms with van der Waals surface area (Å²) in [6.07, 6.45) is 3.02. The smallest absolute Gasteiger partial charge is 0.257 e. The summed E-state index contributed by atoms with van der Waals surface area (Å²) < 4.78 is 0.702. The van der Waals surface area contributed by atoms with Gasteiger partial charge in [0.05, 0.1) is 21.3 Å². The van der Waals surface area contributed by atoms with E-state index in [-0.39, 0.29) is 16.0 Å². The molecule has 98 valence electrons. The summed E-state index contributed by atoms with van der Waals surface area (Å²) in [6.45, 7) is 0. The van der Waals surface area contributed by atoms with Gasteiger partial charge in [-0.15, -0.1) is 0 Å². The van der Waals surface area contributed by atoms with Crippen molar-refractivity contribution in [1.82, 2.24) is 4.98 Å². The maximum absolute atomic E-state index is 12.0. The number of carbonyl (C=O) groups is 1. The van der Waals surface area contributed by atoms with Crippen molar-refractivity contribution in [2.45, 2.75) is 0 Å². The van der Waals surface area contributed by atoms with Crippen LogP contribution in [0.15, 0.2) is 35.1 Å². The maximum Gasteiger partial charge on any atom is 0.257 e. The van der Waals surface area contributed by atoms with Crippen molar-refractivity contribution in [3.05, 3.63) is 55.7 Å². The lowest BCUT2D eigenvalue weighted by Gasteiger charge is -2.09. The van der Waals surface area contributed by atoms with E-state index < -0.39 is 0 Å². The van der Waals surface area contributed by atoms with Gasteiger partial charge < -0.3 is 5.32 Å². The van der Waals surface area contributed by atoms with E-state index in [0.29, 0.717) is 20.7 Å². The molecule has 1 N–H and O–H groups in total. The fourth-order valence-electron chi connectivity index (χ4n) is 1.38. The molecule has 0 unspecified atom stereocenters. The third-order valence-electron chi connectivity index (χ3n) is 2.21. The molecule has 1 heterocycles. The molecule has 19 heavy (non-hydrogen) atoms. The van der Waals surface area contributed by atoms with Crippen molar-refractivity contribution in [2.75, 3.05) is 5.32 Å². The number of pyridine rings is 1. The third-order valence-corrected chi connectivity index (χ3v) is 3.46. The summed E-state index contributed by atoms with van der Waals surface area (Å²) in [7, 11) is 0. The van der Waals surface area contributed by atoms with Crippen molar-refractivity contribution >= 4 is 62.3 Å². The lowest BCUT2D eigenvalue weighted by atomic mass is 10.2. The van der Waals surface area contributed by atoms with Gasteiger partial charge in [-0.3, -0.25) is 9.78 Å². The average molecular weight is 380 g/mol. The van der Waals surface area contributed by atoms with Crippen molar-refractivity contribution in [2.24, 2.45) is 0 Å². The van der Waals surface area contributed by atoms with Gasteiger partial charge in [-0.05, 0) is 34.1 Å². The highest BCUT2D eigenvalue weighted by Gasteiger charge is 2.13. The van der Waals surface area contributed by atoms with Crippen molar-refractivity contribution in [1.29, 1.82) is 0 Å². The molecule has 0 radical (unpaired) electrons. The molecular weight excluding hydrogens is 374 g/mol. The first kappa shape index (κ1) is 14.6. The molecule has 1 amide bonds. The molecule has 0 spiro atoms. The van der Waals surface area contributed by atoms with Gasteiger partial charge in [0.2, 0.25) is 0 Å². The molecule has 7 heteroatoms. The van der Waals surface area contributed by atoms with E-state index in [1.165, 1.54) is 18.3 Å². The van der Waals surface area contributed by atoms with Crippen LogP contribution in [0.4, 0.5) is 5.69 Å². The largest absolute Gasteiger partial charge is 0.319 e. The topological polar surface area (TPSA) is 42.0 Å². The Hall–Kier alpha value is -0.810. The zero-order valence-electron chi connectivity index (χ0n) is 9.25. The highest BCUT2D eigenvalue weighted by Crippen LogP contribution is 2.33. The summed E-state index contributed by atoms with van der Waals surface area (Å²) in [6, 6.07) is 4.65. The van der Waals surface area contributed by atoms with E-state index in [4.69, 9.17) is 34.8 Å². The van der Waals surface area contributed by atoms with E-state index in [1.807, 2.05) is 0 Å². The standard InChI is InChI=1S/C12H6BrCl3N2O/c13-7-1-6(4-17-5-7)12(19)18-11-9(15)2-8(14)3-10(11)16/h1-5H,(H,18,19). The zero-order valence-corrected chi connectivity index (χ0v) is 13.1. The number of benzene rings is 1. The Morgan fingerprint density at radius 1 is 1.11 bits per heavy atom. The van der Waals surface area contributed by atoms with Crippen LogP contribution in [0.25, 0.3) is 0 Å². The van der Waals surface area contributed by atoms with E-state index >= 15 is 0 Å². The van der Waals surface area contributed by atoms with Gasteiger partial charge in [-0.1, -0.05) is 34.8 Å². The van der Waals surface area contributed by atoms with E-state index in [0.717, 1.165) is 0 Å². The molecule has 2 aromatic rings. The average Bonchev–Trinajstić information content (AvgIpc) is 2.33. The summed E-state index contributed by atoms with van der Waals surface area (Å²) >= 11 is 21.0. The summed E-state index contributed by atoms with van der Waals surface area (Å²) in [5, 5.41) is 3.57. The number of halogens is 4. The first-order chi connectivity index (χ1) is 8.97. The quantitative estimate of drug-likeness (QED) is 0.792. The molecular formula is C12H6BrCl3N2O. The molecule has 0 aliphatic heterocycles. The highest BCUT2D eigenvalue weighted by molar-refractivity contribution is 9.10. The number of nitrogens with zero attached hydrogens (tertiary/aromatic N) is 1. The van der Waals surface area contributed by atoms with E-state index in [1.54, 1.807) is 12.3 Å². The molecule has 1 aromatic carbocycles. The minimum Gasteiger partial charge on any atom is -0.319 e. The number of rotatable bonds is 2. The van der Waals surface area contributed by atoms with Crippen LogP contribution in [0.5, 0.6) is 0 Å². The molecule has 0 bridgehead atoms. The Labute approximate surface area is 133 Å². The lowest BCUT2D eigenvalue weighted by molar-refractivity contribution is 0.102. The molecule has 1 aromatic heterocycles. The minimum absolute atomic E-state index is 0.272. The number of amides is 1. The first-order valence-electron chi connectivity index (χ1n) is 5.04. The van der Waals surface area contributed by atoms with Crippen molar-refractivity contribution in [3.8, 4) is 0 Å². The van der Waals surface area contributed by atoms with Gasteiger partial charge in [0, 0.05) is 21.9 Å². The molecule has 0 aliphatic rings. The van der Waals surface area contributed by atoms with Gasteiger partial charge >= 0.3 is 0 Å². The predicted molar refractivity (Wildman–Crippen MR) is 81.4 cm³/mol. The number of hydrogen-bond acceptors (Lipinski definition) is 2. The third kappa shape index (κ3) is 3.60. The second kappa shape index (κ2) is 6.09. The van der Waals surface area contributed by atoms with Gasteiger partial charge in [0.25, 0.3) is 5.91 Å². The molecule has 0 saturated heterocycles. The molecule has 2 rings (SSSR count). The number of nitrogens with one attached hydrogen (secondary N) is 1. The van der Waals surface area contributed by atoms with Crippen LogP contribution >= 0.6 is 50.7 Å². The van der Waals surface area contributed by atoms with Crippen LogP contribution in [0.2, 0.25) is 15.1 Å². The minimum atomic E-state index is -0.361. The second-order valence-corrected chi connectivity index (χ2v) is 5.76. The normalized spacial score (nSPS) is 10.3. The number of hydrogen-bond donors (Lipinski definition) is 1. The van der Waals surface area contributed by atoms with Crippen LogP contribution in [-0.4, -0.2) is 10.9 Å². The van der Waals surface area contributed by atoms with Gasteiger partial charge in [-0.25, -0.2) is 0 Å². The number of carbonyl (C=O) groups excluding carboxylic acids is 1. The van der Waals surface area contributed by atoms with Crippen molar-refractivity contribution < 1.29 is 4.79 Å². The van der Waals surface area contributed by atoms with E-state index in [2.05, 4.69) is 26.2 Å². The van der Waals surface area contributed by atoms with Crippen molar-refractivity contribution in [3.63, 3.8) is 0 Å². The van der Waals surface area contributed by atoms with Crippen LogP contribution in [-0.2, 0) is 0 Å². The molecule has 3 nitrogen and oxygen atoms in total. The summed E-state index contributed by atoms with van der Waals surface area (Å²) in [5.41, 5.74) is 0.703. The Kier molecular flexibility index (Phi) is 4.68. The van der Waals surface area contributed by atoms with Crippen LogP contribution in [0.1, 0.15) is 10.4 Å². The highest BCUT2D eigenvalue weighted by atomic mass is 79.9. The fraction of sp³-hybridized carbons (Fsp3) is 0. The van der Waals surface area contributed by atoms with Gasteiger partial charge in [0.1, 0.15) is 0 Å². The van der Waals surface area contributed by atoms with Gasteiger partial charge in [0.15, 0.2) is 0 Å². The Bertz CT molecular complexity index is 626. The monoisotopic (exact) mass is 378 g/mol. The Balaban J connectivity index is 2.29. The van der Waals surface area contributed by atoms with Crippen LogP contribution < -0.4 is 5.32 Å². The van der Waals surface area contributed by atoms with Crippen LogP contribution in [0, 0.1) is 0 Å². The molecule has 0 atom stereocenters. The SMILES string of the molecule is O=C(Nc1c(Cl)cc(Cl)cc1Cl)c1cncc(Br)c1. The Morgan fingerprint density at radius 3 is 2.32 bits per heavy atom. The predicted octanol–water partition coefficient (Wildman–Crippen LogP) is 5.06. The Morgan fingerprint density at radius 2 is 1.74 bits per heavy atom. The summed E-state index contributed by atoms with van der Waals surface area (Å²) in [5.74, 6) is -0.361. The first-order valence-corrected chi connectivity index (χ1v) is 6.96. The van der Waals surface area contributed by atoms with Gasteiger partial charge in [-0.2, -0.15) is 0 Å².